The third-order valence-corrected chi connectivity index (χ3v) is 5.23. The topological polar surface area (TPSA) is 48.7 Å². The average Bonchev–Trinajstić information content (AvgIpc) is 3.24. The molecule has 4 heteroatoms. The molecule has 1 aromatic heterocycles. The molecule has 0 aliphatic heterocycles. The molecule has 4 aromatic rings. The number of aryl methyl sites for hydroxylation is 1. The molecule has 5 rings (SSSR count). The summed E-state index contributed by atoms with van der Waals surface area (Å²) in [6, 6.07) is 23.2. The van der Waals surface area contributed by atoms with E-state index in [1.165, 1.54) is 0 Å². The molecular weight excluding hydrogens is 364 g/mol. The predicted molar refractivity (Wildman–Crippen MR) is 112 cm³/mol. The van der Waals surface area contributed by atoms with E-state index in [0.717, 1.165) is 52.8 Å². The van der Waals surface area contributed by atoms with Crippen LogP contribution in [-0.2, 0) is 19.4 Å². The average molecular weight is 384 g/mol. The van der Waals surface area contributed by atoms with Crippen LogP contribution < -0.4 is 15.1 Å². The van der Waals surface area contributed by atoms with E-state index < -0.39 is 0 Å². The molecule has 144 valence electrons. The van der Waals surface area contributed by atoms with Gasteiger partial charge < -0.3 is 13.9 Å². The minimum Gasteiger partial charge on any atom is -0.489 e. The van der Waals surface area contributed by atoms with Crippen LogP contribution >= 0.6 is 0 Å². The molecule has 0 unspecified atom stereocenters. The van der Waals surface area contributed by atoms with Crippen LogP contribution in [0.1, 0.15) is 23.1 Å². The van der Waals surface area contributed by atoms with Crippen molar-refractivity contribution >= 4 is 11.0 Å². The molecule has 0 bridgehead atoms. The number of fused-ring (bicyclic) bond motifs is 3. The molecule has 1 heterocycles. The molecule has 0 atom stereocenters. The quantitative estimate of drug-likeness (QED) is 0.417. The van der Waals surface area contributed by atoms with Crippen molar-refractivity contribution in [3.05, 3.63) is 99.9 Å². The normalized spacial score (nSPS) is 12.7. The molecular formula is C25H20O4. The van der Waals surface area contributed by atoms with Crippen LogP contribution in [0.25, 0.3) is 11.0 Å². The highest BCUT2D eigenvalue weighted by Gasteiger charge is 2.19. The van der Waals surface area contributed by atoms with Crippen molar-refractivity contribution in [3.63, 3.8) is 0 Å². The number of para-hydroxylation sites is 1. The molecule has 1 aliphatic rings. The number of rotatable bonds is 5. The van der Waals surface area contributed by atoms with Gasteiger partial charge in [0.15, 0.2) is 0 Å². The molecule has 4 nitrogen and oxygen atoms in total. The molecule has 0 spiro atoms. The molecule has 0 radical (unpaired) electrons. The van der Waals surface area contributed by atoms with Gasteiger partial charge in [-0.15, -0.1) is 0 Å². The van der Waals surface area contributed by atoms with E-state index in [1.54, 1.807) is 6.07 Å². The zero-order valence-corrected chi connectivity index (χ0v) is 15.9. The number of hydrogen-bond donors (Lipinski definition) is 0. The van der Waals surface area contributed by atoms with E-state index in [2.05, 4.69) is 0 Å². The first-order valence-corrected chi connectivity index (χ1v) is 9.79. The van der Waals surface area contributed by atoms with Crippen molar-refractivity contribution in [2.24, 2.45) is 0 Å². The Labute approximate surface area is 168 Å². The van der Waals surface area contributed by atoms with Crippen molar-refractivity contribution in [2.45, 2.75) is 25.9 Å². The third-order valence-electron chi connectivity index (χ3n) is 5.23. The highest BCUT2D eigenvalue weighted by Crippen LogP contribution is 2.30. The Bertz CT molecular complexity index is 1220. The maximum atomic E-state index is 12.2. The summed E-state index contributed by atoms with van der Waals surface area (Å²) >= 11 is 0. The molecule has 0 saturated heterocycles. The van der Waals surface area contributed by atoms with Crippen LogP contribution in [-0.4, -0.2) is 0 Å². The molecule has 0 amide bonds. The van der Waals surface area contributed by atoms with E-state index >= 15 is 0 Å². The second-order valence-electron chi connectivity index (χ2n) is 7.21. The molecule has 29 heavy (non-hydrogen) atoms. The largest absolute Gasteiger partial charge is 0.489 e. The fourth-order valence-corrected chi connectivity index (χ4v) is 3.84. The third kappa shape index (κ3) is 3.61. The van der Waals surface area contributed by atoms with Crippen LogP contribution in [0.15, 0.2) is 82.0 Å². The Morgan fingerprint density at radius 3 is 2.52 bits per heavy atom. The summed E-state index contributed by atoms with van der Waals surface area (Å²) in [6.07, 6.45) is 2.76. The van der Waals surface area contributed by atoms with Gasteiger partial charge >= 0.3 is 5.63 Å². The van der Waals surface area contributed by atoms with Gasteiger partial charge in [-0.25, -0.2) is 4.79 Å². The molecule has 0 saturated carbocycles. The van der Waals surface area contributed by atoms with Crippen molar-refractivity contribution < 1.29 is 13.9 Å². The maximum Gasteiger partial charge on any atom is 0.339 e. The lowest BCUT2D eigenvalue weighted by molar-refractivity contribution is 0.305. The van der Waals surface area contributed by atoms with E-state index in [9.17, 15) is 4.79 Å². The van der Waals surface area contributed by atoms with Crippen LogP contribution in [0.3, 0.4) is 0 Å². The van der Waals surface area contributed by atoms with E-state index in [1.807, 2.05) is 66.7 Å². The lowest BCUT2D eigenvalue weighted by atomic mass is 10.1. The molecule has 0 fully saturated rings. The number of ether oxygens (including phenoxy) is 2. The van der Waals surface area contributed by atoms with Crippen LogP contribution in [0, 0.1) is 0 Å². The fourth-order valence-electron chi connectivity index (χ4n) is 3.84. The van der Waals surface area contributed by atoms with E-state index in [-0.39, 0.29) is 5.63 Å². The Hall–Kier alpha value is -3.53. The summed E-state index contributed by atoms with van der Waals surface area (Å²) in [5.74, 6) is 2.23. The Balaban J connectivity index is 1.34. The maximum absolute atomic E-state index is 12.2. The minimum absolute atomic E-state index is 0.215. The van der Waals surface area contributed by atoms with E-state index in [4.69, 9.17) is 13.9 Å². The van der Waals surface area contributed by atoms with Crippen LogP contribution in [0.5, 0.6) is 17.2 Å². The smallest absolute Gasteiger partial charge is 0.339 e. The van der Waals surface area contributed by atoms with Crippen LogP contribution in [0.2, 0.25) is 0 Å². The highest BCUT2D eigenvalue weighted by atomic mass is 16.5. The lowest BCUT2D eigenvalue weighted by Crippen LogP contribution is -2.06. The van der Waals surface area contributed by atoms with Crippen molar-refractivity contribution in [1.29, 1.82) is 0 Å². The second-order valence-corrected chi connectivity index (χ2v) is 7.21. The summed E-state index contributed by atoms with van der Waals surface area (Å²) < 4.78 is 17.4. The Morgan fingerprint density at radius 1 is 0.793 bits per heavy atom. The molecule has 0 N–H and O–H groups in total. The second kappa shape index (κ2) is 7.47. The van der Waals surface area contributed by atoms with Gasteiger partial charge in [-0.05, 0) is 66.8 Å². The zero-order chi connectivity index (χ0) is 19.6. The van der Waals surface area contributed by atoms with Crippen LogP contribution in [0.4, 0.5) is 0 Å². The standard InChI is InChI=1S/C25H20O4/c26-25-23-11-5-10-21(23)22-13-12-19(15-24(22)29-25)27-16-17-6-4-9-20(14-17)28-18-7-2-1-3-8-18/h1-4,6-9,12-15H,5,10-11,16H2. The first-order valence-electron chi connectivity index (χ1n) is 9.79. The highest BCUT2D eigenvalue weighted by molar-refractivity contribution is 5.83. The Kier molecular flexibility index (Phi) is 4.53. The zero-order valence-electron chi connectivity index (χ0n) is 15.9. The summed E-state index contributed by atoms with van der Waals surface area (Å²) in [7, 11) is 0. The van der Waals surface area contributed by atoms with Gasteiger partial charge in [0, 0.05) is 17.0 Å². The lowest BCUT2D eigenvalue weighted by Gasteiger charge is -2.10. The molecule has 1 aliphatic carbocycles. The van der Waals surface area contributed by atoms with Crippen molar-refractivity contribution in [2.75, 3.05) is 0 Å². The van der Waals surface area contributed by atoms with Gasteiger partial charge in [0.05, 0.1) is 0 Å². The minimum atomic E-state index is -0.215. The van der Waals surface area contributed by atoms with Gasteiger partial charge in [-0.2, -0.15) is 0 Å². The van der Waals surface area contributed by atoms with Gasteiger partial charge in [-0.1, -0.05) is 30.3 Å². The predicted octanol–water partition coefficient (Wildman–Crippen LogP) is 5.65. The summed E-state index contributed by atoms with van der Waals surface area (Å²) in [4.78, 5) is 12.2. The van der Waals surface area contributed by atoms with Gasteiger partial charge in [-0.3, -0.25) is 0 Å². The van der Waals surface area contributed by atoms with Gasteiger partial charge in [0.2, 0.25) is 0 Å². The summed E-state index contributed by atoms with van der Waals surface area (Å²) in [6.45, 7) is 0.396. The molecule has 3 aromatic carbocycles. The number of hydrogen-bond acceptors (Lipinski definition) is 4. The van der Waals surface area contributed by atoms with Crippen molar-refractivity contribution in [3.8, 4) is 17.2 Å². The summed E-state index contributed by atoms with van der Waals surface area (Å²) in [5, 5.41) is 1.02. The SMILES string of the molecule is O=c1oc2cc(OCc3cccc(Oc4ccccc4)c3)ccc2c2c1CCC2. The number of benzene rings is 3. The first-order chi connectivity index (χ1) is 14.3. The van der Waals surface area contributed by atoms with E-state index in [0.29, 0.717) is 17.9 Å². The van der Waals surface area contributed by atoms with Gasteiger partial charge in [0.25, 0.3) is 0 Å². The monoisotopic (exact) mass is 384 g/mol. The Morgan fingerprint density at radius 2 is 1.62 bits per heavy atom. The first kappa shape index (κ1) is 17.6. The van der Waals surface area contributed by atoms with Crippen molar-refractivity contribution in [1.82, 2.24) is 0 Å². The fraction of sp³-hybridized carbons (Fsp3) is 0.160. The van der Waals surface area contributed by atoms with Gasteiger partial charge in [0.1, 0.15) is 29.4 Å². The summed E-state index contributed by atoms with van der Waals surface area (Å²) in [5.41, 5.74) is 3.34.